The maximum absolute atomic E-state index is 12.3. The van der Waals surface area contributed by atoms with Crippen molar-refractivity contribution in [1.29, 1.82) is 0 Å². The molecule has 0 aromatic heterocycles. The van der Waals surface area contributed by atoms with Gasteiger partial charge in [0.1, 0.15) is 6.54 Å². The molecule has 2 aromatic carbocycles. The number of esters is 1. The van der Waals surface area contributed by atoms with Gasteiger partial charge in [0, 0.05) is 19.2 Å². The molecule has 31 heavy (non-hydrogen) atoms. The molecule has 0 saturated carbocycles. The van der Waals surface area contributed by atoms with E-state index in [1.165, 1.54) is 4.90 Å². The number of nitrogens with zero attached hydrogens (tertiary/aromatic N) is 1. The molecule has 6 nitrogen and oxygen atoms in total. The molecule has 0 unspecified atom stereocenters. The highest BCUT2D eigenvalue weighted by Crippen LogP contribution is 2.22. The molecule has 0 aliphatic rings. The molecule has 2 aromatic rings. The number of carbonyl (C=O) groups is 3. The average molecular weight is 425 g/mol. The van der Waals surface area contributed by atoms with Gasteiger partial charge in [-0.15, -0.1) is 0 Å². The number of hydrogen-bond donors (Lipinski definition) is 1. The molecule has 0 aliphatic heterocycles. The van der Waals surface area contributed by atoms with Gasteiger partial charge in [-0.1, -0.05) is 56.7 Å². The van der Waals surface area contributed by atoms with Gasteiger partial charge in [0.25, 0.3) is 11.8 Å². The van der Waals surface area contributed by atoms with Crippen molar-refractivity contribution in [2.75, 3.05) is 20.2 Å². The molecule has 0 saturated heterocycles. The summed E-state index contributed by atoms with van der Waals surface area (Å²) in [6.45, 7) is 10.1. The molecule has 0 atom stereocenters. The number of likely N-dealkylation sites (N-methyl/N-ethyl adjacent to an activating group) is 1. The summed E-state index contributed by atoms with van der Waals surface area (Å²) >= 11 is 0. The molecule has 0 radical (unpaired) electrons. The van der Waals surface area contributed by atoms with Crippen LogP contribution in [-0.2, 0) is 26.3 Å². The van der Waals surface area contributed by atoms with Gasteiger partial charge in [0.15, 0.2) is 6.61 Å². The maximum atomic E-state index is 12.3. The van der Waals surface area contributed by atoms with Crippen LogP contribution < -0.4 is 5.32 Å². The third kappa shape index (κ3) is 7.24. The van der Waals surface area contributed by atoms with Crippen molar-refractivity contribution in [3.8, 4) is 0 Å². The zero-order valence-electron chi connectivity index (χ0n) is 19.2. The van der Waals surface area contributed by atoms with E-state index in [4.69, 9.17) is 4.74 Å². The van der Waals surface area contributed by atoms with Gasteiger partial charge in [-0.2, -0.15) is 0 Å². The molecule has 0 heterocycles. The third-order valence-electron chi connectivity index (χ3n) is 5.09. The van der Waals surface area contributed by atoms with Crippen LogP contribution in [0.1, 0.15) is 53.4 Å². The van der Waals surface area contributed by atoms with E-state index in [9.17, 15) is 14.4 Å². The first-order valence-corrected chi connectivity index (χ1v) is 10.3. The minimum Gasteiger partial charge on any atom is -0.454 e. The Bertz CT molecular complexity index is 943. The third-order valence-corrected chi connectivity index (χ3v) is 5.09. The largest absolute Gasteiger partial charge is 0.454 e. The molecule has 2 rings (SSSR count). The highest BCUT2D eigenvalue weighted by atomic mass is 16.5. The fourth-order valence-electron chi connectivity index (χ4n) is 3.05. The van der Waals surface area contributed by atoms with Crippen LogP contribution in [0.2, 0.25) is 0 Å². The fraction of sp³-hybridized carbons (Fsp3) is 0.400. The topological polar surface area (TPSA) is 75.7 Å². The Kier molecular flexibility index (Phi) is 7.97. The number of rotatable bonds is 7. The van der Waals surface area contributed by atoms with Crippen molar-refractivity contribution in [1.82, 2.24) is 10.2 Å². The van der Waals surface area contributed by atoms with Gasteiger partial charge >= 0.3 is 5.97 Å². The summed E-state index contributed by atoms with van der Waals surface area (Å²) < 4.78 is 5.02. The second-order valence-corrected chi connectivity index (χ2v) is 8.85. The highest BCUT2D eigenvalue weighted by Gasteiger charge is 2.16. The van der Waals surface area contributed by atoms with E-state index in [1.54, 1.807) is 19.2 Å². The minimum atomic E-state index is -0.659. The molecule has 0 bridgehead atoms. The number of hydrogen-bond acceptors (Lipinski definition) is 4. The quantitative estimate of drug-likeness (QED) is 0.690. The average Bonchev–Trinajstić information content (AvgIpc) is 2.71. The minimum absolute atomic E-state index is 0.00331. The van der Waals surface area contributed by atoms with Crippen LogP contribution in [0.15, 0.2) is 42.5 Å². The van der Waals surface area contributed by atoms with Gasteiger partial charge in [-0.3, -0.25) is 14.4 Å². The number of carbonyl (C=O) groups excluding carboxylic acids is 3. The van der Waals surface area contributed by atoms with Crippen LogP contribution in [0.5, 0.6) is 0 Å². The number of benzene rings is 2. The Morgan fingerprint density at radius 1 is 1.00 bits per heavy atom. The first-order chi connectivity index (χ1) is 14.5. The van der Waals surface area contributed by atoms with Gasteiger partial charge in [-0.05, 0) is 48.1 Å². The lowest BCUT2D eigenvalue weighted by Crippen LogP contribution is -2.34. The Morgan fingerprint density at radius 2 is 1.65 bits per heavy atom. The van der Waals surface area contributed by atoms with Crippen LogP contribution >= 0.6 is 0 Å². The predicted octanol–water partition coefficient (Wildman–Crippen LogP) is 3.53. The van der Waals surface area contributed by atoms with Crippen molar-refractivity contribution >= 4 is 17.8 Å². The van der Waals surface area contributed by atoms with Crippen LogP contribution in [0.25, 0.3) is 0 Å². The Labute approximate surface area is 184 Å². The monoisotopic (exact) mass is 424 g/mol. The van der Waals surface area contributed by atoms with Gasteiger partial charge in [-0.25, -0.2) is 0 Å². The van der Waals surface area contributed by atoms with E-state index in [2.05, 4.69) is 32.2 Å². The summed E-state index contributed by atoms with van der Waals surface area (Å²) in [5, 5.41) is 2.52. The van der Waals surface area contributed by atoms with Crippen molar-refractivity contribution < 1.29 is 19.1 Å². The van der Waals surface area contributed by atoms with E-state index in [0.29, 0.717) is 12.1 Å². The lowest BCUT2D eigenvalue weighted by atomic mass is 9.87. The summed E-state index contributed by atoms with van der Waals surface area (Å²) in [6, 6.07) is 13.3. The number of amides is 2. The SMILES string of the molecule is Cc1ccc(CN(C)C(=O)COC(=O)CNC(=O)c2ccc(C(C)(C)C)cc2)c(C)c1. The maximum Gasteiger partial charge on any atom is 0.325 e. The smallest absolute Gasteiger partial charge is 0.325 e. The molecular weight excluding hydrogens is 392 g/mol. The van der Waals surface area contributed by atoms with Gasteiger partial charge in [0.2, 0.25) is 0 Å². The molecule has 0 spiro atoms. The van der Waals surface area contributed by atoms with Crippen LogP contribution in [0, 0.1) is 13.8 Å². The Hall–Kier alpha value is -3.15. The molecule has 1 N–H and O–H groups in total. The summed E-state index contributed by atoms with van der Waals surface area (Å²) in [6.07, 6.45) is 0. The standard InChI is InChI=1S/C25H32N2O4/c1-17-7-8-20(18(2)13-17)15-27(6)22(28)16-31-23(29)14-26-24(30)19-9-11-21(12-10-19)25(3,4)5/h7-13H,14-16H2,1-6H3,(H,26,30). The number of ether oxygens (including phenoxy) is 1. The Balaban J connectivity index is 1.78. The van der Waals surface area contributed by atoms with Gasteiger partial charge in [0.05, 0.1) is 0 Å². The summed E-state index contributed by atoms with van der Waals surface area (Å²) in [4.78, 5) is 37.9. The summed E-state index contributed by atoms with van der Waals surface area (Å²) in [5.74, 6) is -1.33. The second kappa shape index (κ2) is 10.2. The van der Waals surface area contributed by atoms with Crippen LogP contribution in [0.4, 0.5) is 0 Å². The van der Waals surface area contributed by atoms with E-state index in [1.807, 2.05) is 38.1 Å². The van der Waals surface area contributed by atoms with Crippen molar-refractivity contribution in [2.24, 2.45) is 0 Å². The van der Waals surface area contributed by atoms with Gasteiger partial charge < -0.3 is 15.0 Å². The zero-order valence-corrected chi connectivity index (χ0v) is 19.2. The summed E-state index contributed by atoms with van der Waals surface area (Å²) in [7, 11) is 1.67. The Morgan fingerprint density at radius 3 is 2.23 bits per heavy atom. The van der Waals surface area contributed by atoms with Crippen molar-refractivity contribution in [3.63, 3.8) is 0 Å². The van der Waals surface area contributed by atoms with Crippen LogP contribution in [0.3, 0.4) is 0 Å². The predicted molar refractivity (Wildman–Crippen MR) is 121 cm³/mol. The number of nitrogens with one attached hydrogen (secondary N) is 1. The molecule has 0 fully saturated rings. The van der Waals surface area contributed by atoms with Crippen LogP contribution in [-0.4, -0.2) is 42.9 Å². The summed E-state index contributed by atoms with van der Waals surface area (Å²) in [5.41, 5.74) is 4.89. The van der Waals surface area contributed by atoms with E-state index >= 15 is 0 Å². The molecule has 166 valence electrons. The normalized spacial score (nSPS) is 11.0. The van der Waals surface area contributed by atoms with E-state index in [0.717, 1.165) is 22.3 Å². The van der Waals surface area contributed by atoms with E-state index < -0.39 is 5.97 Å². The first kappa shape index (κ1) is 24.1. The van der Waals surface area contributed by atoms with Crippen molar-refractivity contribution in [2.45, 2.75) is 46.6 Å². The lowest BCUT2D eigenvalue weighted by Gasteiger charge is -2.19. The second-order valence-electron chi connectivity index (χ2n) is 8.85. The molecule has 6 heteroatoms. The van der Waals surface area contributed by atoms with E-state index in [-0.39, 0.29) is 30.4 Å². The molecular formula is C25H32N2O4. The lowest BCUT2D eigenvalue weighted by molar-refractivity contribution is -0.150. The number of aryl methyl sites for hydroxylation is 2. The molecule has 2 amide bonds. The van der Waals surface area contributed by atoms with Crippen molar-refractivity contribution in [3.05, 3.63) is 70.3 Å². The molecule has 0 aliphatic carbocycles. The fourth-order valence-corrected chi connectivity index (χ4v) is 3.05. The highest BCUT2D eigenvalue weighted by molar-refractivity contribution is 5.96. The zero-order chi connectivity index (χ0) is 23.2. The first-order valence-electron chi connectivity index (χ1n) is 10.3.